The molecule has 2 aliphatic rings. The number of morpholine rings is 1. The molecule has 0 spiro atoms. The first-order valence-electron chi connectivity index (χ1n) is 9.77. The minimum absolute atomic E-state index is 0.0116. The molecule has 2 fully saturated rings. The van der Waals surface area contributed by atoms with Crippen LogP contribution in [0.4, 0.5) is 11.4 Å². The van der Waals surface area contributed by atoms with Crippen LogP contribution < -0.4 is 15.5 Å². The standard InChI is InChI=1S/C19H28N4O4/c24-18(14-20-16-5-4-6-17(13-16)23(25)26)21-15-19(7-2-1-3-8-19)22-9-11-27-12-10-22/h4-6,13,20H,1-3,7-12,14-15H2,(H,21,24)/p+1. The van der Waals surface area contributed by atoms with Gasteiger partial charge in [0.1, 0.15) is 18.6 Å². The molecule has 0 atom stereocenters. The highest BCUT2D eigenvalue weighted by atomic mass is 16.6. The van der Waals surface area contributed by atoms with Crippen LogP contribution >= 0.6 is 0 Å². The number of benzene rings is 1. The molecule has 8 heteroatoms. The highest BCUT2D eigenvalue weighted by Crippen LogP contribution is 2.25. The predicted octanol–water partition coefficient (Wildman–Crippen LogP) is 0.741. The van der Waals surface area contributed by atoms with Gasteiger partial charge in [-0.25, -0.2) is 0 Å². The lowest BCUT2D eigenvalue weighted by Crippen LogP contribution is -3.23. The number of non-ortho nitro benzene ring substituents is 1. The maximum absolute atomic E-state index is 12.4. The molecule has 148 valence electrons. The van der Waals surface area contributed by atoms with Gasteiger partial charge in [0, 0.05) is 30.7 Å². The summed E-state index contributed by atoms with van der Waals surface area (Å²) >= 11 is 0. The van der Waals surface area contributed by atoms with E-state index in [4.69, 9.17) is 4.74 Å². The molecule has 0 unspecified atom stereocenters. The summed E-state index contributed by atoms with van der Waals surface area (Å²) in [5.74, 6) is -0.0842. The smallest absolute Gasteiger partial charge is 0.271 e. The monoisotopic (exact) mass is 377 g/mol. The molecule has 27 heavy (non-hydrogen) atoms. The molecule has 1 amide bonds. The third-order valence-electron chi connectivity index (χ3n) is 5.79. The zero-order chi connectivity index (χ0) is 19.1. The van der Waals surface area contributed by atoms with Crippen LogP contribution in [0.3, 0.4) is 0 Å². The minimum atomic E-state index is -0.441. The fraction of sp³-hybridized carbons (Fsp3) is 0.632. The molecule has 1 saturated heterocycles. The Kier molecular flexibility index (Phi) is 6.63. The number of hydrogen-bond acceptors (Lipinski definition) is 5. The Morgan fingerprint density at radius 3 is 2.67 bits per heavy atom. The third-order valence-corrected chi connectivity index (χ3v) is 5.79. The van der Waals surface area contributed by atoms with E-state index in [9.17, 15) is 14.9 Å². The van der Waals surface area contributed by atoms with Crippen molar-refractivity contribution in [2.24, 2.45) is 0 Å². The molecule has 1 aliphatic carbocycles. The summed E-state index contributed by atoms with van der Waals surface area (Å²) < 4.78 is 5.51. The topological polar surface area (TPSA) is 97.9 Å². The summed E-state index contributed by atoms with van der Waals surface area (Å²) in [4.78, 5) is 24.3. The van der Waals surface area contributed by atoms with E-state index < -0.39 is 4.92 Å². The van der Waals surface area contributed by atoms with E-state index in [0.29, 0.717) is 12.2 Å². The molecule has 1 saturated carbocycles. The van der Waals surface area contributed by atoms with Crippen LogP contribution in [0.25, 0.3) is 0 Å². The van der Waals surface area contributed by atoms with Crippen LogP contribution in [-0.4, -0.2) is 55.8 Å². The van der Waals surface area contributed by atoms with Gasteiger partial charge in [0.05, 0.1) is 31.2 Å². The van der Waals surface area contributed by atoms with E-state index >= 15 is 0 Å². The Morgan fingerprint density at radius 2 is 1.96 bits per heavy atom. The lowest BCUT2D eigenvalue weighted by molar-refractivity contribution is -0.960. The molecule has 0 aromatic heterocycles. The van der Waals surface area contributed by atoms with E-state index in [1.54, 1.807) is 17.0 Å². The Labute approximate surface area is 159 Å². The Balaban J connectivity index is 1.53. The summed E-state index contributed by atoms with van der Waals surface area (Å²) in [7, 11) is 0. The first-order chi connectivity index (χ1) is 13.1. The van der Waals surface area contributed by atoms with E-state index in [2.05, 4.69) is 10.6 Å². The average Bonchev–Trinajstić information content (AvgIpc) is 2.72. The Bertz CT molecular complexity index is 655. The van der Waals surface area contributed by atoms with Gasteiger partial charge in [-0.3, -0.25) is 14.9 Å². The number of carbonyl (C=O) groups is 1. The quantitative estimate of drug-likeness (QED) is 0.481. The van der Waals surface area contributed by atoms with Gasteiger partial charge in [-0.2, -0.15) is 0 Å². The maximum atomic E-state index is 12.4. The number of hydrogen-bond donors (Lipinski definition) is 3. The highest BCUT2D eigenvalue weighted by molar-refractivity contribution is 5.80. The van der Waals surface area contributed by atoms with E-state index in [1.165, 1.54) is 31.4 Å². The highest BCUT2D eigenvalue weighted by Gasteiger charge is 2.42. The molecule has 1 heterocycles. The zero-order valence-electron chi connectivity index (χ0n) is 15.7. The summed E-state index contributed by atoms with van der Waals surface area (Å²) in [6.07, 6.45) is 5.98. The fourth-order valence-electron chi connectivity index (χ4n) is 4.27. The SMILES string of the molecule is O=C(CNc1cccc([N+](=O)[O-])c1)NCC1([NH+]2CCOCC2)CCCCC1. The van der Waals surface area contributed by atoms with Gasteiger partial charge in [-0.05, 0) is 18.9 Å². The summed E-state index contributed by atoms with van der Waals surface area (Å²) in [5.41, 5.74) is 0.700. The number of ether oxygens (including phenoxy) is 1. The molecular weight excluding hydrogens is 348 g/mol. The summed E-state index contributed by atoms with van der Waals surface area (Å²) in [6, 6.07) is 6.20. The van der Waals surface area contributed by atoms with Crippen molar-refractivity contribution in [2.75, 3.05) is 44.7 Å². The van der Waals surface area contributed by atoms with Crippen molar-refractivity contribution in [2.45, 2.75) is 37.6 Å². The maximum Gasteiger partial charge on any atom is 0.271 e. The number of carbonyl (C=O) groups excluding carboxylic acids is 1. The molecule has 1 aliphatic heterocycles. The lowest BCUT2D eigenvalue weighted by atomic mass is 9.79. The van der Waals surface area contributed by atoms with Crippen LogP contribution in [0.15, 0.2) is 24.3 Å². The second-order valence-corrected chi connectivity index (χ2v) is 7.49. The van der Waals surface area contributed by atoms with Crippen LogP contribution in [-0.2, 0) is 9.53 Å². The number of nitro groups is 1. The normalized spacial score (nSPS) is 20.0. The number of amides is 1. The average molecular weight is 377 g/mol. The molecule has 0 radical (unpaired) electrons. The van der Waals surface area contributed by atoms with E-state index in [0.717, 1.165) is 39.1 Å². The second-order valence-electron chi connectivity index (χ2n) is 7.49. The number of nitrogens with zero attached hydrogens (tertiary/aromatic N) is 1. The molecule has 3 N–H and O–H groups in total. The molecule has 0 bridgehead atoms. The number of quaternary nitrogens is 1. The largest absolute Gasteiger partial charge is 0.376 e. The predicted molar refractivity (Wildman–Crippen MR) is 102 cm³/mol. The van der Waals surface area contributed by atoms with Crippen molar-refractivity contribution >= 4 is 17.3 Å². The van der Waals surface area contributed by atoms with Crippen LogP contribution in [0.2, 0.25) is 0 Å². The summed E-state index contributed by atoms with van der Waals surface area (Å²) in [5, 5.41) is 16.9. The van der Waals surface area contributed by atoms with Crippen molar-refractivity contribution < 1.29 is 19.4 Å². The molecule has 1 aromatic carbocycles. The molecular formula is C19H29N4O4+. The van der Waals surface area contributed by atoms with Crippen molar-refractivity contribution in [1.82, 2.24) is 5.32 Å². The van der Waals surface area contributed by atoms with Crippen LogP contribution in [0.5, 0.6) is 0 Å². The van der Waals surface area contributed by atoms with Crippen molar-refractivity contribution in [1.29, 1.82) is 0 Å². The van der Waals surface area contributed by atoms with Gasteiger partial charge >= 0.3 is 0 Å². The fourth-order valence-corrected chi connectivity index (χ4v) is 4.27. The Morgan fingerprint density at radius 1 is 1.22 bits per heavy atom. The number of nitrogens with one attached hydrogen (secondary N) is 3. The van der Waals surface area contributed by atoms with Crippen molar-refractivity contribution in [3.8, 4) is 0 Å². The van der Waals surface area contributed by atoms with Crippen LogP contribution in [0, 0.1) is 10.1 Å². The molecule has 3 rings (SSSR count). The van der Waals surface area contributed by atoms with Gasteiger partial charge in [-0.15, -0.1) is 0 Å². The van der Waals surface area contributed by atoms with Gasteiger partial charge in [0.2, 0.25) is 5.91 Å². The number of anilines is 1. The first kappa shape index (κ1) is 19.6. The van der Waals surface area contributed by atoms with Gasteiger partial charge in [0.25, 0.3) is 5.69 Å². The first-order valence-corrected chi connectivity index (χ1v) is 9.77. The second kappa shape index (κ2) is 9.14. The van der Waals surface area contributed by atoms with Crippen molar-refractivity contribution in [3.05, 3.63) is 34.4 Å². The van der Waals surface area contributed by atoms with Crippen LogP contribution in [0.1, 0.15) is 32.1 Å². The van der Waals surface area contributed by atoms with Gasteiger partial charge in [-0.1, -0.05) is 12.5 Å². The lowest BCUT2D eigenvalue weighted by Gasteiger charge is -2.45. The van der Waals surface area contributed by atoms with E-state index in [1.807, 2.05) is 0 Å². The Hall–Kier alpha value is -2.19. The van der Waals surface area contributed by atoms with E-state index in [-0.39, 0.29) is 23.7 Å². The molecule has 8 nitrogen and oxygen atoms in total. The van der Waals surface area contributed by atoms with Gasteiger partial charge in [0.15, 0.2) is 0 Å². The number of rotatable bonds is 7. The van der Waals surface area contributed by atoms with Crippen molar-refractivity contribution in [3.63, 3.8) is 0 Å². The third kappa shape index (κ3) is 5.17. The number of nitro benzene ring substituents is 1. The minimum Gasteiger partial charge on any atom is -0.376 e. The van der Waals surface area contributed by atoms with Gasteiger partial charge < -0.3 is 20.3 Å². The molecule has 1 aromatic rings. The summed E-state index contributed by atoms with van der Waals surface area (Å²) in [6.45, 7) is 4.37. The zero-order valence-corrected chi connectivity index (χ0v) is 15.7.